The second-order valence-corrected chi connectivity index (χ2v) is 8.37. The molecule has 0 aromatic heterocycles. The van der Waals surface area contributed by atoms with Gasteiger partial charge in [0.2, 0.25) is 0 Å². The van der Waals surface area contributed by atoms with Crippen LogP contribution in [0.15, 0.2) is 47.4 Å². The fourth-order valence-corrected chi connectivity index (χ4v) is 3.84. The Labute approximate surface area is 162 Å². The van der Waals surface area contributed by atoms with Crippen molar-refractivity contribution in [2.24, 2.45) is 0 Å². The van der Waals surface area contributed by atoms with E-state index >= 15 is 0 Å². The minimum atomic E-state index is -3.77. The Balaban J connectivity index is 2.32. The number of aryl methyl sites for hydroxylation is 2. The van der Waals surface area contributed by atoms with Crippen molar-refractivity contribution in [2.45, 2.75) is 45.4 Å². The van der Waals surface area contributed by atoms with Crippen molar-refractivity contribution < 1.29 is 13.2 Å². The molecule has 5 nitrogen and oxygen atoms in total. The molecule has 1 N–H and O–H groups in total. The van der Waals surface area contributed by atoms with Crippen LogP contribution in [-0.4, -0.2) is 32.3 Å². The molecule has 0 radical (unpaired) electrons. The van der Waals surface area contributed by atoms with Gasteiger partial charge in [-0.2, -0.15) is 0 Å². The van der Waals surface area contributed by atoms with Gasteiger partial charge in [-0.05, 0) is 57.0 Å². The van der Waals surface area contributed by atoms with E-state index in [0.29, 0.717) is 24.3 Å². The van der Waals surface area contributed by atoms with Crippen LogP contribution in [0.5, 0.6) is 0 Å². The summed E-state index contributed by atoms with van der Waals surface area (Å²) in [4.78, 5) is 14.7. The van der Waals surface area contributed by atoms with E-state index < -0.39 is 10.0 Å². The van der Waals surface area contributed by atoms with Gasteiger partial charge in [-0.3, -0.25) is 9.52 Å². The first kappa shape index (κ1) is 21.0. The Bertz CT molecular complexity index is 890. The van der Waals surface area contributed by atoms with Crippen molar-refractivity contribution in [2.75, 3.05) is 17.8 Å². The van der Waals surface area contributed by atoms with Crippen molar-refractivity contribution in [1.29, 1.82) is 0 Å². The number of amides is 1. The Morgan fingerprint density at radius 1 is 1.04 bits per heavy atom. The van der Waals surface area contributed by atoms with E-state index in [2.05, 4.69) is 11.6 Å². The van der Waals surface area contributed by atoms with Crippen LogP contribution in [0.1, 0.15) is 48.2 Å². The Hall–Kier alpha value is -2.34. The molecule has 2 rings (SSSR count). The van der Waals surface area contributed by atoms with Crippen molar-refractivity contribution in [3.63, 3.8) is 0 Å². The molecule has 0 saturated carbocycles. The van der Waals surface area contributed by atoms with Gasteiger partial charge in [0.25, 0.3) is 15.9 Å². The molecule has 0 aliphatic heterocycles. The van der Waals surface area contributed by atoms with Crippen LogP contribution in [0, 0.1) is 13.8 Å². The highest BCUT2D eigenvalue weighted by Gasteiger charge is 2.21. The molecule has 0 aliphatic carbocycles. The summed E-state index contributed by atoms with van der Waals surface area (Å²) in [6.07, 6.45) is 1.92. The molecule has 146 valence electrons. The number of sulfonamides is 1. The Morgan fingerprint density at radius 3 is 2.30 bits per heavy atom. The molecule has 0 spiro atoms. The van der Waals surface area contributed by atoms with Crippen molar-refractivity contribution in [3.8, 4) is 0 Å². The lowest BCUT2D eigenvalue weighted by molar-refractivity contribution is 0.0761. The zero-order chi connectivity index (χ0) is 20.0. The summed E-state index contributed by atoms with van der Waals surface area (Å²) in [5.74, 6) is -0.129. The maximum atomic E-state index is 12.9. The van der Waals surface area contributed by atoms with Crippen LogP contribution in [0.2, 0.25) is 0 Å². The number of benzene rings is 2. The van der Waals surface area contributed by atoms with Crippen LogP contribution >= 0.6 is 0 Å². The average Bonchev–Trinajstić information content (AvgIpc) is 2.64. The highest BCUT2D eigenvalue weighted by atomic mass is 32.2. The van der Waals surface area contributed by atoms with Gasteiger partial charge in [0.1, 0.15) is 0 Å². The van der Waals surface area contributed by atoms with Crippen LogP contribution in [0.4, 0.5) is 5.69 Å². The summed E-state index contributed by atoms with van der Waals surface area (Å²) in [5.41, 5.74) is 2.74. The van der Waals surface area contributed by atoms with Gasteiger partial charge in [-0.25, -0.2) is 8.42 Å². The highest BCUT2D eigenvalue weighted by Crippen LogP contribution is 2.21. The van der Waals surface area contributed by atoms with Crippen molar-refractivity contribution >= 4 is 21.6 Å². The van der Waals surface area contributed by atoms with Gasteiger partial charge in [0, 0.05) is 24.3 Å². The molecular weight excluding hydrogens is 360 g/mol. The van der Waals surface area contributed by atoms with E-state index in [-0.39, 0.29) is 10.8 Å². The van der Waals surface area contributed by atoms with E-state index in [1.807, 2.05) is 32.9 Å². The molecule has 1 amide bonds. The van der Waals surface area contributed by atoms with E-state index in [9.17, 15) is 13.2 Å². The molecule has 0 unspecified atom stereocenters. The lowest BCUT2D eigenvalue weighted by Gasteiger charge is -2.22. The number of unbranched alkanes of at least 4 members (excludes halogenated alkanes) is 1. The summed E-state index contributed by atoms with van der Waals surface area (Å²) < 4.78 is 28.1. The summed E-state index contributed by atoms with van der Waals surface area (Å²) in [6.45, 7) is 9.04. The number of rotatable bonds is 8. The second kappa shape index (κ2) is 9.04. The lowest BCUT2D eigenvalue weighted by atomic mass is 10.1. The quantitative estimate of drug-likeness (QED) is 0.730. The number of hydrogen-bond acceptors (Lipinski definition) is 3. The van der Waals surface area contributed by atoms with Gasteiger partial charge in [-0.1, -0.05) is 37.1 Å². The number of nitrogens with zero attached hydrogens (tertiary/aromatic N) is 1. The first-order valence-electron chi connectivity index (χ1n) is 9.28. The van der Waals surface area contributed by atoms with Gasteiger partial charge in [-0.15, -0.1) is 0 Å². The van der Waals surface area contributed by atoms with Crippen LogP contribution < -0.4 is 4.72 Å². The maximum Gasteiger partial charge on any atom is 0.261 e. The SMILES string of the molecule is CCCCN(CC)C(=O)c1cc(S(=O)(=O)Nc2ccc(C)cc2)ccc1C. The second-order valence-electron chi connectivity index (χ2n) is 6.69. The van der Waals surface area contributed by atoms with E-state index in [0.717, 1.165) is 24.0 Å². The molecule has 0 atom stereocenters. The first-order chi connectivity index (χ1) is 12.8. The van der Waals surface area contributed by atoms with Gasteiger partial charge in [0.15, 0.2) is 0 Å². The fourth-order valence-electron chi connectivity index (χ4n) is 2.76. The number of hydrogen-bond donors (Lipinski definition) is 1. The molecule has 2 aromatic carbocycles. The predicted octanol–water partition coefficient (Wildman–Crippen LogP) is 4.37. The molecule has 0 bridgehead atoms. The van der Waals surface area contributed by atoms with Crippen LogP contribution in [0.3, 0.4) is 0 Å². The zero-order valence-electron chi connectivity index (χ0n) is 16.5. The Morgan fingerprint density at radius 2 is 1.70 bits per heavy atom. The zero-order valence-corrected chi connectivity index (χ0v) is 17.3. The summed E-state index contributed by atoms with van der Waals surface area (Å²) >= 11 is 0. The molecule has 0 aliphatic rings. The smallest absolute Gasteiger partial charge is 0.261 e. The molecular formula is C21H28N2O3S. The third-order valence-electron chi connectivity index (χ3n) is 4.50. The molecule has 0 saturated heterocycles. The van der Waals surface area contributed by atoms with Gasteiger partial charge >= 0.3 is 0 Å². The largest absolute Gasteiger partial charge is 0.339 e. The van der Waals surface area contributed by atoms with E-state index in [4.69, 9.17) is 0 Å². The summed E-state index contributed by atoms with van der Waals surface area (Å²) in [5, 5.41) is 0. The van der Waals surface area contributed by atoms with Gasteiger partial charge < -0.3 is 4.90 Å². The number of carbonyl (C=O) groups is 1. The first-order valence-corrected chi connectivity index (χ1v) is 10.8. The number of nitrogens with one attached hydrogen (secondary N) is 1. The molecule has 0 heterocycles. The monoisotopic (exact) mass is 388 g/mol. The minimum Gasteiger partial charge on any atom is -0.339 e. The molecule has 0 fully saturated rings. The predicted molar refractivity (Wildman–Crippen MR) is 110 cm³/mol. The Kier molecular flexibility index (Phi) is 7.02. The number of anilines is 1. The van der Waals surface area contributed by atoms with Gasteiger partial charge in [0.05, 0.1) is 4.90 Å². The lowest BCUT2D eigenvalue weighted by Crippen LogP contribution is -2.32. The van der Waals surface area contributed by atoms with Crippen LogP contribution in [0.25, 0.3) is 0 Å². The standard InChI is InChI=1S/C21H28N2O3S/c1-5-7-14-23(6-2)21(24)20-15-19(13-10-17(20)4)27(25,26)22-18-11-8-16(3)9-12-18/h8-13,15,22H,5-7,14H2,1-4H3. The number of carbonyl (C=O) groups excluding carboxylic acids is 1. The topological polar surface area (TPSA) is 66.5 Å². The normalized spacial score (nSPS) is 11.3. The van der Waals surface area contributed by atoms with Crippen LogP contribution in [-0.2, 0) is 10.0 Å². The third kappa shape index (κ3) is 5.32. The summed E-state index contributed by atoms with van der Waals surface area (Å²) in [6, 6.07) is 11.8. The van der Waals surface area contributed by atoms with E-state index in [1.54, 1.807) is 23.1 Å². The molecule has 6 heteroatoms. The van der Waals surface area contributed by atoms with Crippen molar-refractivity contribution in [1.82, 2.24) is 4.90 Å². The fraction of sp³-hybridized carbons (Fsp3) is 0.381. The molecule has 2 aromatic rings. The van der Waals surface area contributed by atoms with E-state index in [1.165, 1.54) is 12.1 Å². The molecule has 27 heavy (non-hydrogen) atoms. The maximum absolute atomic E-state index is 12.9. The minimum absolute atomic E-state index is 0.0866. The third-order valence-corrected chi connectivity index (χ3v) is 5.88. The highest BCUT2D eigenvalue weighted by molar-refractivity contribution is 7.92. The van der Waals surface area contributed by atoms with Crippen molar-refractivity contribution in [3.05, 3.63) is 59.2 Å². The average molecular weight is 389 g/mol. The summed E-state index contributed by atoms with van der Waals surface area (Å²) in [7, 11) is -3.77.